The highest BCUT2D eigenvalue weighted by Crippen LogP contribution is 2.40. The summed E-state index contributed by atoms with van der Waals surface area (Å²) in [6, 6.07) is 3.79. The van der Waals surface area contributed by atoms with Crippen molar-refractivity contribution in [3.63, 3.8) is 0 Å². The molecule has 1 amide bonds. The predicted molar refractivity (Wildman–Crippen MR) is 84.4 cm³/mol. The topological polar surface area (TPSA) is 72.8 Å². The molecule has 1 fully saturated rings. The Bertz CT molecular complexity index is 564. The van der Waals surface area contributed by atoms with Gasteiger partial charge in [0.15, 0.2) is 6.10 Å². The lowest BCUT2D eigenvalue weighted by atomic mass is 10.1. The molecule has 2 atom stereocenters. The molecule has 2 unspecified atom stereocenters. The minimum atomic E-state index is -1.09. The number of carbonyl (C=O) groups excluding carboxylic acids is 1. The van der Waals surface area contributed by atoms with Gasteiger partial charge in [0.25, 0.3) is 5.91 Å². The molecule has 3 rings (SSSR count). The van der Waals surface area contributed by atoms with Gasteiger partial charge in [-0.25, -0.2) is 0 Å². The van der Waals surface area contributed by atoms with Crippen LogP contribution in [0.25, 0.3) is 0 Å². The fourth-order valence-corrected chi connectivity index (χ4v) is 3.75. The number of amides is 1. The van der Waals surface area contributed by atoms with Crippen molar-refractivity contribution < 1.29 is 15.0 Å². The molecular formula is C15H19BrN2O3. The van der Waals surface area contributed by atoms with Crippen LogP contribution in [-0.2, 0) is 4.79 Å². The van der Waals surface area contributed by atoms with Crippen LogP contribution in [-0.4, -0.2) is 35.3 Å². The van der Waals surface area contributed by atoms with E-state index in [0.717, 1.165) is 36.0 Å². The van der Waals surface area contributed by atoms with E-state index in [0.29, 0.717) is 11.3 Å². The standard InChI is InChI=1S/C15H19BrN2O3/c16-11-6-10-12(17-15(21)14(10)20)7-13(11)18-5-3-1-2-4-9(18)8-19/h6-7,9,14,19-20H,1-5,8H2,(H,17,21). The minimum Gasteiger partial charge on any atom is -0.394 e. The third-order valence-corrected chi connectivity index (χ3v) is 4.95. The normalized spacial score (nSPS) is 25.5. The molecule has 0 bridgehead atoms. The van der Waals surface area contributed by atoms with Crippen molar-refractivity contribution in [3.8, 4) is 0 Å². The summed E-state index contributed by atoms with van der Waals surface area (Å²) >= 11 is 3.54. The zero-order chi connectivity index (χ0) is 15.0. The molecule has 1 saturated heterocycles. The SMILES string of the molecule is O=C1Nc2cc(N3CCCCCC3CO)c(Br)cc2C1O. The van der Waals surface area contributed by atoms with Crippen molar-refractivity contribution in [1.82, 2.24) is 0 Å². The van der Waals surface area contributed by atoms with Crippen LogP contribution in [0.3, 0.4) is 0 Å². The Kier molecular flexibility index (Phi) is 4.19. The van der Waals surface area contributed by atoms with Gasteiger partial charge in [0.05, 0.1) is 18.3 Å². The number of hydrogen-bond acceptors (Lipinski definition) is 4. The van der Waals surface area contributed by atoms with Crippen molar-refractivity contribution in [2.24, 2.45) is 0 Å². The van der Waals surface area contributed by atoms with Crippen LogP contribution in [0.1, 0.15) is 37.4 Å². The summed E-state index contributed by atoms with van der Waals surface area (Å²) in [6.07, 6.45) is 3.26. The Morgan fingerprint density at radius 3 is 2.90 bits per heavy atom. The molecule has 21 heavy (non-hydrogen) atoms. The molecule has 0 aliphatic carbocycles. The highest BCUT2D eigenvalue weighted by atomic mass is 79.9. The van der Waals surface area contributed by atoms with Gasteiger partial charge >= 0.3 is 0 Å². The van der Waals surface area contributed by atoms with Gasteiger partial charge in [0.2, 0.25) is 0 Å². The molecule has 0 saturated carbocycles. The molecule has 3 N–H and O–H groups in total. The van der Waals surface area contributed by atoms with Crippen LogP contribution in [0.15, 0.2) is 16.6 Å². The summed E-state index contributed by atoms with van der Waals surface area (Å²) in [5, 5.41) is 22.2. The number of carbonyl (C=O) groups is 1. The first-order valence-corrected chi connectivity index (χ1v) is 8.11. The van der Waals surface area contributed by atoms with Crippen molar-refractivity contribution in [2.45, 2.75) is 37.8 Å². The van der Waals surface area contributed by atoms with Crippen molar-refractivity contribution in [1.29, 1.82) is 0 Å². The molecule has 1 aromatic rings. The number of anilines is 2. The van der Waals surface area contributed by atoms with Gasteiger partial charge in [-0.05, 0) is 40.9 Å². The molecule has 5 nitrogen and oxygen atoms in total. The van der Waals surface area contributed by atoms with E-state index in [2.05, 4.69) is 26.1 Å². The number of rotatable bonds is 2. The lowest BCUT2D eigenvalue weighted by Crippen LogP contribution is -2.37. The van der Waals surface area contributed by atoms with Gasteiger partial charge in [0.1, 0.15) is 0 Å². The van der Waals surface area contributed by atoms with Crippen molar-refractivity contribution >= 4 is 33.2 Å². The summed E-state index contributed by atoms with van der Waals surface area (Å²) in [5.41, 5.74) is 2.22. The number of nitrogens with zero attached hydrogens (tertiary/aromatic N) is 1. The zero-order valence-corrected chi connectivity index (χ0v) is 13.3. The van der Waals surface area contributed by atoms with Gasteiger partial charge in [0, 0.05) is 22.3 Å². The van der Waals surface area contributed by atoms with E-state index >= 15 is 0 Å². The minimum absolute atomic E-state index is 0.101. The summed E-state index contributed by atoms with van der Waals surface area (Å²) in [6.45, 7) is 1.01. The lowest BCUT2D eigenvalue weighted by molar-refractivity contribution is -0.123. The molecule has 1 aromatic carbocycles. The molecule has 0 radical (unpaired) electrons. The van der Waals surface area contributed by atoms with Gasteiger partial charge in [-0.2, -0.15) is 0 Å². The van der Waals surface area contributed by atoms with Crippen molar-refractivity contribution in [2.75, 3.05) is 23.4 Å². The summed E-state index contributed by atoms with van der Waals surface area (Å²) < 4.78 is 0.845. The second-order valence-corrected chi connectivity index (χ2v) is 6.52. The van der Waals surface area contributed by atoms with Crippen LogP contribution in [0.2, 0.25) is 0 Å². The van der Waals surface area contributed by atoms with Gasteiger partial charge in [-0.15, -0.1) is 0 Å². The Morgan fingerprint density at radius 1 is 1.33 bits per heavy atom. The zero-order valence-electron chi connectivity index (χ0n) is 11.7. The van der Waals surface area contributed by atoms with Crippen LogP contribution in [0.5, 0.6) is 0 Å². The Hall–Kier alpha value is -1.11. The highest BCUT2D eigenvalue weighted by Gasteiger charge is 2.31. The van der Waals surface area contributed by atoms with Crippen LogP contribution in [0.4, 0.5) is 11.4 Å². The van der Waals surface area contributed by atoms with E-state index in [1.165, 1.54) is 6.42 Å². The summed E-state index contributed by atoms with van der Waals surface area (Å²) in [5.74, 6) is -0.386. The first kappa shape index (κ1) is 14.8. The van der Waals surface area contributed by atoms with E-state index in [1.807, 2.05) is 6.07 Å². The molecule has 0 spiro atoms. The van der Waals surface area contributed by atoms with Gasteiger partial charge in [-0.3, -0.25) is 4.79 Å². The monoisotopic (exact) mass is 354 g/mol. The maximum atomic E-state index is 11.6. The van der Waals surface area contributed by atoms with Crippen LogP contribution in [0, 0.1) is 0 Å². The maximum Gasteiger partial charge on any atom is 0.257 e. The molecule has 2 heterocycles. The molecular weight excluding hydrogens is 336 g/mol. The smallest absolute Gasteiger partial charge is 0.257 e. The highest BCUT2D eigenvalue weighted by molar-refractivity contribution is 9.10. The first-order chi connectivity index (χ1) is 10.1. The third-order valence-electron chi connectivity index (χ3n) is 4.32. The third kappa shape index (κ3) is 2.67. The van der Waals surface area contributed by atoms with E-state index in [1.54, 1.807) is 6.07 Å². The van der Waals surface area contributed by atoms with Gasteiger partial charge in [-0.1, -0.05) is 12.8 Å². The fraction of sp³-hybridized carbons (Fsp3) is 0.533. The Morgan fingerprint density at radius 2 is 2.14 bits per heavy atom. The molecule has 2 aliphatic rings. The van der Waals surface area contributed by atoms with Crippen LogP contribution < -0.4 is 10.2 Å². The lowest BCUT2D eigenvalue weighted by Gasteiger charge is -2.32. The maximum absolute atomic E-state index is 11.6. The Balaban J connectivity index is 1.98. The number of benzene rings is 1. The summed E-state index contributed by atoms with van der Waals surface area (Å²) in [7, 11) is 0. The van der Waals surface area contributed by atoms with Gasteiger partial charge < -0.3 is 20.4 Å². The second kappa shape index (κ2) is 5.94. The molecule has 6 heteroatoms. The van der Waals surface area contributed by atoms with Crippen molar-refractivity contribution in [3.05, 3.63) is 22.2 Å². The number of halogens is 1. The Labute approximate surface area is 132 Å². The average molecular weight is 355 g/mol. The number of nitrogens with one attached hydrogen (secondary N) is 1. The van der Waals surface area contributed by atoms with E-state index in [9.17, 15) is 15.0 Å². The molecule has 2 aliphatic heterocycles. The number of fused-ring (bicyclic) bond motifs is 1. The number of aliphatic hydroxyl groups excluding tert-OH is 2. The molecule has 0 aromatic heterocycles. The number of hydrogen-bond donors (Lipinski definition) is 3. The van der Waals surface area contributed by atoms with Crippen LogP contribution >= 0.6 is 15.9 Å². The summed E-state index contributed by atoms with van der Waals surface area (Å²) in [4.78, 5) is 13.8. The average Bonchev–Trinajstić information content (AvgIpc) is 2.68. The number of aliphatic hydroxyl groups is 2. The quantitative estimate of drug-likeness (QED) is 0.760. The predicted octanol–water partition coefficient (Wildman–Crippen LogP) is 2.18. The largest absolute Gasteiger partial charge is 0.394 e. The second-order valence-electron chi connectivity index (χ2n) is 5.66. The fourth-order valence-electron chi connectivity index (χ4n) is 3.16. The van der Waals surface area contributed by atoms with E-state index in [4.69, 9.17) is 0 Å². The van der Waals surface area contributed by atoms with E-state index in [-0.39, 0.29) is 18.6 Å². The van der Waals surface area contributed by atoms with E-state index < -0.39 is 6.10 Å². The first-order valence-electron chi connectivity index (χ1n) is 7.31. The molecule has 114 valence electrons.